The van der Waals surface area contributed by atoms with Crippen molar-refractivity contribution in [1.82, 2.24) is 10.2 Å². The van der Waals surface area contributed by atoms with E-state index in [9.17, 15) is 19.2 Å². The van der Waals surface area contributed by atoms with E-state index in [-0.39, 0.29) is 29.9 Å². The fourth-order valence-electron chi connectivity index (χ4n) is 4.32. The minimum absolute atomic E-state index is 0.179. The molecule has 0 unspecified atom stereocenters. The molecule has 0 radical (unpaired) electrons. The number of carbonyl (C=O) groups is 4. The van der Waals surface area contributed by atoms with Crippen LogP contribution in [-0.2, 0) is 14.4 Å². The molecule has 4 rings (SSSR count). The summed E-state index contributed by atoms with van der Waals surface area (Å²) in [6, 6.07) is 13.0. The fourth-order valence-corrected chi connectivity index (χ4v) is 4.32. The molecule has 0 bridgehead atoms. The Morgan fingerprint density at radius 3 is 2.51 bits per heavy atom. The van der Waals surface area contributed by atoms with Crippen molar-refractivity contribution in [3.8, 4) is 11.5 Å². The van der Waals surface area contributed by atoms with E-state index in [1.54, 1.807) is 42.5 Å². The van der Waals surface area contributed by atoms with Crippen LogP contribution in [0, 0.1) is 0 Å². The molecule has 0 atom stereocenters. The number of rotatable bonds is 7. The largest absolute Gasteiger partial charge is 0.493 e. The fraction of sp³-hybridized carbons (Fsp3) is 0.308. The van der Waals surface area contributed by atoms with Crippen LogP contribution in [0.2, 0.25) is 0 Å². The number of urea groups is 1. The van der Waals surface area contributed by atoms with Crippen LogP contribution in [0.1, 0.15) is 37.7 Å². The van der Waals surface area contributed by atoms with E-state index >= 15 is 0 Å². The summed E-state index contributed by atoms with van der Waals surface area (Å²) in [6.45, 7) is -0.321. The van der Waals surface area contributed by atoms with E-state index in [0.717, 1.165) is 24.2 Å². The molecule has 1 saturated carbocycles. The summed E-state index contributed by atoms with van der Waals surface area (Å²) in [5.74, 6) is -1.27. The molecule has 2 aromatic rings. The normalized spacial score (nSPS) is 17.8. The zero-order valence-corrected chi connectivity index (χ0v) is 19.4. The number of ether oxygens (including phenoxy) is 2. The number of barbiturate groups is 1. The van der Waals surface area contributed by atoms with Crippen LogP contribution in [0.15, 0.2) is 54.1 Å². The zero-order valence-electron chi connectivity index (χ0n) is 19.4. The van der Waals surface area contributed by atoms with Crippen molar-refractivity contribution in [3.63, 3.8) is 0 Å². The maximum absolute atomic E-state index is 13.2. The Kier molecular flexibility index (Phi) is 7.45. The van der Waals surface area contributed by atoms with Crippen molar-refractivity contribution in [1.29, 1.82) is 0 Å². The van der Waals surface area contributed by atoms with Gasteiger partial charge in [0.05, 0.1) is 7.11 Å². The molecule has 35 heavy (non-hydrogen) atoms. The second-order valence-electron chi connectivity index (χ2n) is 8.37. The van der Waals surface area contributed by atoms with Gasteiger partial charge in [0.25, 0.3) is 17.7 Å². The lowest BCUT2D eigenvalue weighted by atomic mass is 9.93. The monoisotopic (exact) mass is 477 g/mol. The topological polar surface area (TPSA) is 114 Å². The molecular formula is C26H27N3O6. The minimum atomic E-state index is -0.775. The summed E-state index contributed by atoms with van der Waals surface area (Å²) in [5, 5.41) is 5.00. The summed E-state index contributed by atoms with van der Waals surface area (Å²) in [6.07, 6.45) is 5.70. The van der Waals surface area contributed by atoms with Gasteiger partial charge in [0, 0.05) is 17.3 Å². The molecule has 2 fully saturated rings. The van der Waals surface area contributed by atoms with Crippen molar-refractivity contribution in [2.75, 3.05) is 19.0 Å². The second-order valence-corrected chi connectivity index (χ2v) is 8.37. The van der Waals surface area contributed by atoms with Crippen molar-refractivity contribution in [2.45, 2.75) is 38.1 Å². The Bertz CT molecular complexity index is 1150. The average Bonchev–Trinajstić information content (AvgIpc) is 2.86. The first-order valence-corrected chi connectivity index (χ1v) is 11.5. The van der Waals surface area contributed by atoms with Crippen LogP contribution in [0.5, 0.6) is 11.5 Å². The molecule has 1 aliphatic carbocycles. The van der Waals surface area contributed by atoms with E-state index in [4.69, 9.17) is 9.47 Å². The summed E-state index contributed by atoms with van der Waals surface area (Å²) in [5.41, 5.74) is 0.815. The number of nitrogens with one attached hydrogen (secondary N) is 2. The number of benzene rings is 2. The highest BCUT2D eigenvalue weighted by molar-refractivity contribution is 6.31. The SMILES string of the molecule is COc1cccc(C=C2C(=O)NC(=O)N(C3CCCCC3)C2=O)c1OCC(=O)Nc1ccccc1. The summed E-state index contributed by atoms with van der Waals surface area (Å²) < 4.78 is 11.1. The first-order valence-electron chi connectivity index (χ1n) is 11.5. The van der Waals surface area contributed by atoms with Crippen LogP contribution in [0.25, 0.3) is 6.08 Å². The van der Waals surface area contributed by atoms with Crippen LogP contribution in [0.3, 0.4) is 0 Å². The number of hydrogen-bond acceptors (Lipinski definition) is 6. The second kappa shape index (κ2) is 10.9. The molecule has 0 aromatic heterocycles. The van der Waals surface area contributed by atoms with Gasteiger partial charge >= 0.3 is 6.03 Å². The van der Waals surface area contributed by atoms with E-state index < -0.39 is 17.8 Å². The Morgan fingerprint density at radius 2 is 1.80 bits per heavy atom. The highest BCUT2D eigenvalue weighted by Crippen LogP contribution is 2.34. The number of nitrogens with zero attached hydrogens (tertiary/aromatic N) is 1. The average molecular weight is 478 g/mol. The molecule has 2 N–H and O–H groups in total. The van der Waals surface area contributed by atoms with Gasteiger partial charge in [-0.3, -0.25) is 24.6 Å². The molecule has 1 saturated heterocycles. The number of para-hydroxylation sites is 2. The third kappa shape index (κ3) is 5.51. The maximum atomic E-state index is 13.2. The van der Waals surface area contributed by atoms with E-state index in [0.29, 0.717) is 29.8 Å². The van der Waals surface area contributed by atoms with Gasteiger partial charge in [0.2, 0.25) is 0 Å². The smallest absolute Gasteiger partial charge is 0.331 e. The number of methoxy groups -OCH3 is 1. The van der Waals surface area contributed by atoms with Gasteiger partial charge in [-0.25, -0.2) is 4.79 Å². The van der Waals surface area contributed by atoms with E-state index in [1.807, 2.05) is 6.07 Å². The third-order valence-electron chi connectivity index (χ3n) is 6.01. The van der Waals surface area contributed by atoms with Gasteiger partial charge < -0.3 is 14.8 Å². The molecule has 5 amide bonds. The first kappa shape index (κ1) is 24.0. The maximum Gasteiger partial charge on any atom is 0.331 e. The predicted molar refractivity (Wildman–Crippen MR) is 129 cm³/mol. The Labute approximate surface area is 203 Å². The Balaban J connectivity index is 1.58. The highest BCUT2D eigenvalue weighted by Gasteiger charge is 2.40. The standard InChI is InChI=1S/C26H27N3O6/c1-34-21-14-8-9-17(23(21)35-16-22(30)27-18-10-4-2-5-11-18)15-20-24(31)28-26(33)29(25(20)32)19-12-6-3-7-13-19/h2,4-5,8-11,14-15,19H,3,6-7,12-13,16H2,1H3,(H,27,30)(H,28,31,33). The van der Waals surface area contributed by atoms with Crippen molar-refractivity contribution in [3.05, 3.63) is 59.7 Å². The number of hydrogen-bond donors (Lipinski definition) is 2. The van der Waals surface area contributed by atoms with Gasteiger partial charge in [-0.1, -0.05) is 49.6 Å². The predicted octanol–water partition coefficient (Wildman–Crippen LogP) is 3.51. The summed E-state index contributed by atoms with van der Waals surface area (Å²) >= 11 is 0. The van der Waals surface area contributed by atoms with Gasteiger partial charge in [-0.05, 0) is 37.1 Å². The van der Waals surface area contributed by atoms with Gasteiger partial charge in [0.15, 0.2) is 18.1 Å². The lowest BCUT2D eigenvalue weighted by Gasteiger charge is -2.35. The Morgan fingerprint density at radius 1 is 1.06 bits per heavy atom. The molecule has 9 heteroatoms. The number of anilines is 1. The molecule has 182 valence electrons. The molecule has 2 aromatic carbocycles. The lowest BCUT2D eigenvalue weighted by Crippen LogP contribution is -2.58. The van der Waals surface area contributed by atoms with Gasteiger partial charge in [0.1, 0.15) is 5.57 Å². The van der Waals surface area contributed by atoms with Crippen molar-refractivity contribution in [2.24, 2.45) is 0 Å². The number of amides is 5. The van der Waals surface area contributed by atoms with Crippen LogP contribution in [0.4, 0.5) is 10.5 Å². The van der Waals surface area contributed by atoms with E-state index in [1.165, 1.54) is 13.2 Å². The minimum Gasteiger partial charge on any atom is -0.493 e. The zero-order chi connectivity index (χ0) is 24.8. The summed E-state index contributed by atoms with van der Waals surface area (Å²) in [4.78, 5) is 51.8. The molecular weight excluding hydrogens is 450 g/mol. The third-order valence-corrected chi connectivity index (χ3v) is 6.01. The highest BCUT2D eigenvalue weighted by atomic mass is 16.5. The molecule has 1 heterocycles. The first-order chi connectivity index (χ1) is 17.0. The number of imide groups is 2. The number of carbonyl (C=O) groups excluding carboxylic acids is 4. The van der Waals surface area contributed by atoms with Crippen LogP contribution in [-0.4, -0.2) is 48.4 Å². The Hall–Kier alpha value is -4.14. The molecule has 1 aliphatic heterocycles. The van der Waals surface area contributed by atoms with Crippen LogP contribution >= 0.6 is 0 Å². The molecule has 9 nitrogen and oxygen atoms in total. The molecule has 2 aliphatic rings. The van der Waals surface area contributed by atoms with E-state index in [2.05, 4.69) is 10.6 Å². The van der Waals surface area contributed by atoms with Gasteiger partial charge in [-0.2, -0.15) is 0 Å². The lowest BCUT2D eigenvalue weighted by molar-refractivity contribution is -0.132. The molecule has 0 spiro atoms. The van der Waals surface area contributed by atoms with Crippen LogP contribution < -0.4 is 20.1 Å². The van der Waals surface area contributed by atoms with Gasteiger partial charge in [-0.15, -0.1) is 0 Å². The quantitative estimate of drug-likeness (QED) is 0.466. The summed E-state index contributed by atoms with van der Waals surface area (Å²) in [7, 11) is 1.45. The van der Waals surface area contributed by atoms with Crippen molar-refractivity contribution >= 4 is 35.5 Å². The van der Waals surface area contributed by atoms with Crippen molar-refractivity contribution < 1.29 is 28.7 Å².